The van der Waals surface area contributed by atoms with E-state index >= 15 is 4.39 Å². The molecule has 0 heterocycles. The van der Waals surface area contributed by atoms with Crippen molar-refractivity contribution in [2.24, 2.45) is 46.3 Å². The third kappa shape index (κ3) is 6.39. The summed E-state index contributed by atoms with van der Waals surface area (Å²) in [4.78, 5) is 49.3. The van der Waals surface area contributed by atoms with Crippen molar-refractivity contribution in [3.8, 4) is 0 Å². The lowest BCUT2D eigenvalue weighted by Gasteiger charge is -2.65. The number of halogens is 1. The molecule has 15 heteroatoms. The summed E-state index contributed by atoms with van der Waals surface area (Å²) in [6, 6.07) is 0. The Kier molecular flexibility index (Phi) is 9.11. The van der Waals surface area contributed by atoms with Gasteiger partial charge in [0.15, 0.2) is 0 Å². The Hall–Kier alpha value is -0.460. The molecule has 0 aromatic heterocycles. The second kappa shape index (κ2) is 11.2. The largest absolute Gasteiger partial charge is 0.472 e. The van der Waals surface area contributed by atoms with Gasteiger partial charge < -0.3 is 34.5 Å². The molecule has 11 unspecified atom stereocenters. The smallest absolute Gasteiger partial charge is 0.438 e. The first-order valence-corrected chi connectivity index (χ1v) is 17.0. The van der Waals surface area contributed by atoms with E-state index < -0.39 is 75.1 Å². The van der Waals surface area contributed by atoms with Gasteiger partial charge in [-0.05, 0) is 80.0 Å². The van der Waals surface area contributed by atoms with E-state index in [0.717, 1.165) is 0 Å². The molecule has 4 saturated carbocycles. The van der Waals surface area contributed by atoms with Gasteiger partial charge in [-0.15, -0.1) is 0 Å². The maximum absolute atomic E-state index is 16.3. The average Bonchev–Trinajstić information content (AvgIpc) is 3.15. The first-order chi connectivity index (χ1) is 18.3. The Morgan fingerprint density at radius 1 is 1.05 bits per heavy atom. The molecule has 0 aromatic carbocycles. The summed E-state index contributed by atoms with van der Waals surface area (Å²) in [7, 11) is -9.72. The quantitative estimate of drug-likeness (QED) is 0.126. The van der Waals surface area contributed by atoms with Gasteiger partial charge in [0.25, 0.3) is 0 Å². The number of carbonyl (C=O) groups is 1. The minimum Gasteiger partial charge on any atom is -0.438 e. The van der Waals surface area contributed by atoms with Crippen LogP contribution in [0.2, 0.25) is 0 Å². The number of aliphatic hydroxyl groups is 2. The van der Waals surface area contributed by atoms with E-state index in [0.29, 0.717) is 38.5 Å². The molecule has 6 N–H and O–H groups in total. The van der Waals surface area contributed by atoms with Gasteiger partial charge in [0, 0.05) is 24.2 Å². The van der Waals surface area contributed by atoms with Crippen molar-refractivity contribution < 1.29 is 61.9 Å². The molecule has 0 aliphatic heterocycles. The highest BCUT2D eigenvalue weighted by Crippen LogP contribution is 2.71. The Labute approximate surface area is 233 Å². The predicted molar refractivity (Wildman–Crippen MR) is 137 cm³/mol. The van der Waals surface area contributed by atoms with Crippen molar-refractivity contribution in [2.75, 3.05) is 6.79 Å². The lowest BCUT2D eigenvalue weighted by atomic mass is 9.42. The van der Waals surface area contributed by atoms with Gasteiger partial charge >= 0.3 is 21.6 Å². The highest BCUT2D eigenvalue weighted by Gasteiger charge is 2.70. The van der Waals surface area contributed by atoms with Crippen molar-refractivity contribution in [1.29, 1.82) is 0 Å². The molecular formula is C25H43FO12P2. The molecule has 0 bridgehead atoms. The van der Waals surface area contributed by atoms with Crippen LogP contribution in [0.25, 0.3) is 0 Å². The molecule has 0 aromatic rings. The molecule has 4 rings (SSSR count). The number of esters is 1. The summed E-state index contributed by atoms with van der Waals surface area (Å²) in [5.74, 6) is -5.51. The lowest BCUT2D eigenvalue weighted by molar-refractivity contribution is -0.283. The molecule has 4 aliphatic carbocycles. The van der Waals surface area contributed by atoms with Gasteiger partial charge in [0.2, 0.25) is 12.6 Å². The molecule has 40 heavy (non-hydrogen) atoms. The van der Waals surface area contributed by atoms with Crippen LogP contribution >= 0.6 is 15.6 Å². The highest BCUT2D eigenvalue weighted by atomic mass is 31.2. The standard InChI is InChI=1S/C25H43FO12P2/c1-14(4-7-21(28)36-13-37-39(30,31)32)17-5-6-18-22-19(11-20(24(17,18)3)38-40(33,34)35)23(2)9-8-16(27)10-15(23)12-25(22,26)29/h14-20,22,27,29H,4-13H2,1-3H3,(H2,30,31,32)(H2,33,34,35). The maximum atomic E-state index is 16.3. The Balaban J connectivity index is 1.58. The number of rotatable bonds is 9. The fourth-order valence-corrected chi connectivity index (χ4v) is 10.0. The van der Waals surface area contributed by atoms with Gasteiger partial charge in [-0.1, -0.05) is 20.8 Å². The van der Waals surface area contributed by atoms with E-state index in [9.17, 15) is 33.9 Å². The normalized spacial score (nSPS) is 44.3. The van der Waals surface area contributed by atoms with Crippen LogP contribution in [-0.4, -0.2) is 60.6 Å². The van der Waals surface area contributed by atoms with Crippen LogP contribution in [-0.2, 0) is 27.7 Å². The first-order valence-electron chi connectivity index (χ1n) is 14.0. The van der Waals surface area contributed by atoms with Gasteiger partial charge in [0.1, 0.15) is 0 Å². The molecule has 4 fully saturated rings. The molecule has 11 atom stereocenters. The summed E-state index contributed by atoms with van der Waals surface area (Å²) in [5, 5.41) is 21.5. The average molecular weight is 617 g/mol. The maximum Gasteiger partial charge on any atom is 0.472 e. The second-order valence-electron chi connectivity index (χ2n) is 13.0. The van der Waals surface area contributed by atoms with Crippen LogP contribution in [0.15, 0.2) is 0 Å². The fraction of sp³-hybridized carbons (Fsp3) is 0.960. The van der Waals surface area contributed by atoms with Crippen LogP contribution in [0.1, 0.15) is 78.6 Å². The highest BCUT2D eigenvalue weighted by molar-refractivity contribution is 7.46. The van der Waals surface area contributed by atoms with E-state index in [4.69, 9.17) is 19.0 Å². The van der Waals surface area contributed by atoms with Gasteiger partial charge in [-0.2, -0.15) is 0 Å². The van der Waals surface area contributed by atoms with E-state index in [1.807, 2.05) is 20.8 Å². The molecule has 0 amide bonds. The van der Waals surface area contributed by atoms with Crippen LogP contribution in [0, 0.1) is 46.3 Å². The van der Waals surface area contributed by atoms with Crippen LogP contribution in [0.4, 0.5) is 4.39 Å². The summed E-state index contributed by atoms with van der Waals surface area (Å²) >= 11 is 0. The Morgan fingerprint density at radius 3 is 2.35 bits per heavy atom. The zero-order chi connectivity index (χ0) is 29.9. The summed E-state index contributed by atoms with van der Waals surface area (Å²) in [6.07, 6.45) is 1.41. The van der Waals surface area contributed by atoms with Crippen molar-refractivity contribution >= 4 is 21.6 Å². The van der Waals surface area contributed by atoms with E-state index in [-0.39, 0.29) is 37.0 Å². The second-order valence-corrected chi connectivity index (χ2v) is 15.5. The zero-order valence-corrected chi connectivity index (χ0v) is 24.9. The van der Waals surface area contributed by atoms with Crippen molar-refractivity contribution in [3.05, 3.63) is 0 Å². The number of hydrogen-bond donors (Lipinski definition) is 6. The molecule has 12 nitrogen and oxygen atoms in total. The molecule has 0 saturated heterocycles. The minimum absolute atomic E-state index is 0.0892. The number of alkyl halides is 1. The topological polar surface area (TPSA) is 200 Å². The van der Waals surface area contributed by atoms with E-state index in [1.165, 1.54) is 0 Å². The summed E-state index contributed by atoms with van der Waals surface area (Å²) in [5.41, 5.74) is -1.34. The lowest BCUT2D eigenvalue weighted by Crippen LogP contribution is -2.65. The van der Waals surface area contributed by atoms with Crippen molar-refractivity contribution in [1.82, 2.24) is 0 Å². The minimum atomic E-state index is -4.94. The number of carbonyl (C=O) groups excluding carboxylic acids is 1. The number of phosphoric acid groups is 2. The number of fused-ring (bicyclic) bond motifs is 5. The number of hydrogen-bond acceptors (Lipinski definition) is 8. The molecular weight excluding hydrogens is 573 g/mol. The van der Waals surface area contributed by atoms with Gasteiger partial charge in [0.05, 0.1) is 12.2 Å². The first kappa shape index (κ1) is 32.5. The van der Waals surface area contributed by atoms with Gasteiger partial charge in [-0.25, -0.2) is 18.0 Å². The monoisotopic (exact) mass is 616 g/mol. The van der Waals surface area contributed by atoms with Crippen LogP contribution in [0.3, 0.4) is 0 Å². The van der Waals surface area contributed by atoms with E-state index in [2.05, 4.69) is 4.52 Å². The number of phosphoric ester groups is 2. The SMILES string of the molecule is CC(CCC(=O)OCOP(=O)(O)O)C1CCC2C3C(CC(OP(=O)(O)O)C12C)C1(C)CCC(O)CC1CC3(O)F. The summed E-state index contributed by atoms with van der Waals surface area (Å²) in [6.45, 7) is 4.89. The number of ether oxygens (including phenoxy) is 1. The molecule has 0 spiro atoms. The van der Waals surface area contributed by atoms with Gasteiger partial charge in [-0.3, -0.25) is 9.32 Å². The van der Waals surface area contributed by atoms with Crippen LogP contribution in [0.5, 0.6) is 0 Å². The molecule has 0 radical (unpaired) electrons. The third-order valence-electron chi connectivity index (χ3n) is 11.0. The zero-order valence-electron chi connectivity index (χ0n) is 23.1. The van der Waals surface area contributed by atoms with Crippen LogP contribution < -0.4 is 0 Å². The summed E-state index contributed by atoms with van der Waals surface area (Å²) < 4.78 is 53.6. The predicted octanol–water partition coefficient (Wildman–Crippen LogP) is 3.39. The van der Waals surface area contributed by atoms with Crippen molar-refractivity contribution in [3.63, 3.8) is 0 Å². The Morgan fingerprint density at radius 2 is 1.73 bits per heavy atom. The number of aliphatic hydroxyl groups excluding tert-OH is 1. The van der Waals surface area contributed by atoms with Crippen molar-refractivity contribution in [2.45, 2.75) is 96.6 Å². The molecule has 4 aliphatic rings. The van der Waals surface area contributed by atoms with E-state index in [1.54, 1.807) is 0 Å². The molecule has 232 valence electrons. The fourth-order valence-electron chi connectivity index (χ4n) is 9.19. The third-order valence-corrected chi connectivity index (χ3v) is 12.0. The Bertz CT molecular complexity index is 1050.